The van der Waals surface area contributed by atoms with E-state index in [1.807, 2.05) is 72.1 Å². The topological polar surface area (TPSA) is 87.1 Å². The van der Waals surface area contributed by atoms with Crippen molar-refractivity contribution in [2.75, 3.05) is 5.32 Å². The number of carbonyl (C=O) groups excluding carboxylic acids is 1. The van der Waals surface area contributed by atoms with Crippen LogP contribution < -0.4 is 10.6 Å². The second-order valence-corrected chi connectivity index (χ2v) is 7.97. The molecule has 1 amide bonds. The number of carbonyl (C=O) groups is 1. The number of anilines is 2. The van der Waals surface area contributed by atoms with E-state index in [-0.39, 0.29) is 5.91 Å². The maximum Gasteiger partial charge on any atom is 0.252 e. The molecule has 0 spiro atoms. The molecule has 31 heavy (non-hydrogen) atoms. The van der Waals surface area contributed by atoms with Gasteiger partial charge in [0.25, 0.3) is 5.91 Å². The maximum absolute atomic E-state index is 12.5. The number of aliphatic hydroxyl groups is 1. The minimum atomic E-state index is -0.549. The van der Waals surface area contributed by atoms with E-state index in [9.17, 15) is 9.90 Å². The lowest BCUT2D eigenvalue weighted by Gasteiger charge is -2.09. The van der Waals surface area contributed by atoms with Gasteiger partial charge in [0.1, 0.15) is 0 Å². The molecule has 1 atom stereocenters. The highest BCUT2D eigenvalue weighted by Crippen LogP contribution is 2.27. The molecular weight excluding hydrogens is 408 g/mol. The van der Waals surface area contributed by atoms with Crippen LogP contribution in [0, 0.1) is 0 Å². The van der Waals surface area contributed by atoms with Gasteiger partial charge in [0, 0.05) is 23.8 Å². The summed E-state index contributed by atoms with van der Waals surface area (Å²) < 4.78 is 0. The Morgan fingerprint density at radius 1 is 1.10 bits per heavy atom. The second kappa shape index (κ2) is 9.51. The van der Waals surface area contributed by atoms with Crippen LogP contribution in [0.15, 0.2) is 78.3 Å². The first-order valence-electron chi connectivity index (χ1n) is 9.87. The summed E-state index contributed by atoms with van der Waals surface area (Å²) in [5.41, 5.74) is 4.00. The summed E-state index contributed by atoms with van der Waals surface area (Å²) in [6, 6.07) is 20.9. The quantitative estimate of drug-likeness (QED) is 0.387. The molecule has 2 aromatic carbocycles. The second-order valence-electron chi connectivity index (χ2n) is 7.06. The average molecular weight is 431 g/mol. The number of hydrogen-bond donors (Lipinski definition) is 3. The molecule has 0 saturated carbocycles. The van der Waals surface area contributed by atoms with Crippen LogP contribution in [-0.4, -0.2) is 21.0 Å². The van der Waals surface area contributed by atoms with Gasteiger partial charge in [0.15, 0.2) is 0 Å². The number of aromatic nitrogens is 2. The standard InChI is InChI=1S/C24H22N4O2S/c1-16(29)18-8-5-9-20(12-18)27-24-25-11-10-21(28-24)22-13-19(15-31-22)23(30)26-14-17-6-3-2-4-7-17/h2-13,15-16,29H,14H2,1H3,(H,26,30)(H,25,27,28). The van der Waals surface area contributed by atoms with Gasteiger partial charge >= 0.3 is 0 Å². The number of aliphatic hydroxyl groups excluding tert-OH is 1. The fraction of sp³-hybridized carbons (Fsp3) is 0.125. The number of benzene rings is 2. The molecule has 0 fully saturated rings. The van der Waals surface area contributed by atoms with Gasteiger partial charge in [-0.25, -0.2) is 9.97 Å². The molecule has 2 aromatic heterocycles. The summed E-state index contributed by atoms with van der Waals surface area (Å²) in [6.45, 7) is 2.21. The summed E-state index contributed by atoms with van der Waals surface area (Å²) in [7, 11) is 0. The Morgan fingerprint density at radius 2 is 1.94 bits per heavy atom. The molecule has 1 unspecified atom stereocenters. The highest BCUT2D eigenvalue weighted by atomic mass is 32.1. The normalized spacial score (nSPS) is 11.7. The van der Waals surface area contributed by atoms with Crippen molar-refractivity contribution in [3.63, 3.8) is 0 Å². The van der Waals surface area contributed by atoms with E-state index in [1.54, 1.807) is 13.1 Å². The predicted octanol–water partition coefficient (Wildman–Crippen LogP) is 4.93. The smallest absolute Gasteiger partial charge is 0.252 e. The Morgan fingerprint density at radius 3 is 2.74 bits per heavy atom. The van der Waals surface area contributed by atoms with Crippen LogP contribution in [0.25, 0.3) is 10.6 Å². The van der Waals surface area contributed by atoms with Gasteiger partial charge in [-0.05, 0) is 42.3 Å². The van der Waals surface area contributed by atoms with Gasteiger partial charge in [-0.15, -0.1) is 11.3 Å². The lowest BCUT2D eigenvalue weighted by Crippen LogP contribution is -2.22. The van der Waals surface area contributed by atoms with Crippen molar-refractivity contribution in [2.24, 2.45) is 0 Å². The fourth-order valence-corrected chi connectivity index (χ4v) is 3.89. The lowest BCUT2D eigenvalue weighted by atomic mass is 10.1. The fourth-order valence-electron chi connectivity index (χ4n) is 3.03. The zero-order valence-electron chi connectivity index (χ0n) is 16.9. The average Bonchev–Trinajstić information content (AvgIpc) is 3.29. The molecule has 4 aromatic rings. The third-order valence-electron chi connectivity index (χ3n) is 4.69. The zero-order chi connectivity index (χ0) is 21.6. The van der Waals surface area contributed by atoms with Crippen molar-refractivity contribution < 1.29 is 9.90 Å². The van der Waals surface area contributed by atoms with E-state index in [1.165, 1.54) is 11.3 Å². The van der Waals surface area contributed by atoms with E-state index >= 15 is 0 Å². The molecule has 4 rings (SSSR count). The van der Waals surface area contributed by atoms with Crippen molar-refractivity contribution in [1.29, 1.82) is 0 Å². The largest absolute Gasteiger partial charge is 0.389 e. The van der Waals surface area contributed by atoms with Crippen LogP contribution in [0.3, 0.4) is 0 Å². The molecule has 0 radical (unpaired) electrons. The molecule has 0 aliphatic rings. The number of amides is 1. The van der Waals surface area contributed by atoms with Crippen LogP contribution in [0.1, 0.15) is 34.5 Å². The number of nitrogens with one attached hydrogen (secondary N) is 2. The summed E-state index contributed by atoms with van der Waals surface area (Å²) >= 11 is 1.46. The molecule has 2 heterocycles. The number of thiophene rings is 1. The van der Waals surface area contributed by atoms with Crippen LogP contribution in [0.2, 0.25) is 0 Å². The van der Waals surface area contributed by atoms with Crippen LogP contribution in [0.4, 0.5) is 11.6 Å². The van der Waals surface area contributed by atoms with Crippen LogP contribution >= 0.6 is 11.3 Å². The summed E-state index contributed by atoms with van der Waals surface area (Å²) in [5, 5.41) is 17.7. The van der Waals surface area contributed by atoms with Crippen LogP contribution in [0.5, 0.6) is 0 Å². The van der Waals surface area contributed by atoms with E-state index in [2.05, 4.69) is 20.6 Å². The van der Waals surface area contributed by atoms with Gasteiger partial charge in [-0.1, -0.05) is 42.5 Å². The van der Waals surface area contributed by atoms with Gasteiger partial charge in [0.2, 0.25) is 5.95 Å². The molecule has 0 aliphatic heterocycles. The minimum Gasteiger partial charge on any atom is -0.389 e. The first kappa shape index (κ1) is 20.7. The van der Waals surface area contributed by atoms with E-state index < -0.39 is 6.10 Å². The highest BCUT2D eigenvalue weighted by Gasteiger charge is 2.12. The Kier molecular flexibility index (Phi) is 6.35. The minimum absolute atomic E-state index is 0.117. The third kappa shape index (κ3) is 5.33. The SMILES string of the molecule is CC(O)c1cccc(Nc2nccc(-c3cc(C(=O)NCc4ccccc4)cs3)n2)c1. The molecule has 6 nitrogen and oxygen atoms in total. The molecule has 3 N–H and O–H groups in total. The van der Waals surface area contributed by atoms with E-state index in [0.717, 1.165) is 27.4 Å². The maximum atomic E-state index is 12.5. The van der Waals surface area contributed by atoms with Crippen molar-refractivity contribution >= 4 is 28.9 Å². The van der Waals surface area contributed by atoms with E-state index in [0.29, 0.717) is 18.1 Å². The van der Waals surface area contributed by atoms with Gasteiger partial charge in [-0.3, -0.25) is 4.79 Å². The molecule has 156 valence electrons. The first-order chi connectivity index (χ1) is 15.1. The number of nitrogens with zero attached hydrogens (tertiary/aromatic N) is 2. The van der Waals surface area contributed by atoms with E-state index in [4.69, 9.17) is 0 Å². The Labute approximate surface area is 184 Å². The Balaban J connectivity index is 1.45. The Bertz CT molecular complexity index is 1170. The highest BCUT2D eigenvalue weighted by molar-refractivity contribution is 7.13. The molecule has 7 heteroatoms. The monoisotopic (exact) mass is 430 g/mol. The molecule has 0 saturated heterocycles. The van der Waals surface area contributed by atoms with Crippen molar-refractivity contribution in [3.8, 4) is 10.6 Å². The summed E-state index contributed by atoms with van der Waals surface area (Å²) in [4.78, 5) is 22.2. The predicted molar refractivity (Wildman–Crippen MR) is 123 cm³/mol. The van der Waals surface area contributed by atoms with Gasteiger partial charge in [-0.2, -0.15) is 0 Å². The zero-order valence-corrected chi connectivity index (χ0v) is 17.8. The number of hydrogen-bond acceptors (Lipinski definition) is 6. The number of rotatable bonds is 7. The van der Waals surface area contributed by atoms with Gasteiger partial charge in [0.05, 0.1) is 22.2 Å². The summed E-state index contributed by atoms with van der Waals surface area (Å²) in [6.07, 6.45) is 1.13. The third-order valence-corrected chi connectivity index (χ3v) is 5.64. The lowest BCUT2D eigenvalue weighted by molar-refractivity contribution is 0.0951. The Hall–Kier alpha value is -3.55. The van der Waals surface area contributed by atoms with Crippen molar-refractivity contribution in [3.05, 3.63) is 95.0 Å². The summed E-state index contributed by atoms with van der Waals surface area (Å²) in [5.74, 6) is 0.331. The van der Waals surface area contributed by atoms with Crippen molar-refractivity contribution in [1.82, 2.24) is 15.3 Å². The molecular formula is C24H22N4O2S. The van der Waals surface area contributed by atoms with Gasteiger partial charge < -0.3 is 15.7 Å². The first-order valence-corrected chi connectivity index (χ1v) is 10.8. The molecule has 0 aliphatic carbocycles. The van der Waals surface area contributed by atoms with Crippen molar-refractivity contribution in [2.45, 2.75) is 19.6 Å². The van der Waals surface area contributed by atoms with Crippen LogP contribution in [-0.2, 0) is 6.54 Å². The molecule has 0 bridgehead atoms.